The van der Waals surface area contributed by atoms with Gasteiger partial charge in [-0.1, -0.05) is 33.1 Å². The van der Waals surface area contributed by atoms with Crippen molar-refractivity contribution in [1.29, 1.82) is 0 Å². The molecule has 0 fully saturated rings. The van der Waals surface area contributed by atoms with Crippen molar-refractivity contribution in [2.45, 2.75) is 71.9 Å². The molecule has 0 saturated heterocycles. The van der Waals surface area contributed by atoms with Crippen LogP contribution >= 0.6 is 0 Å². The molecule has 1 N–H and O–H groups in total. The lowest BCUT2D eigenvalue weighted by Gasteiger charge is -2.28. The number of hydrogen-bond acceptors (Lipinski definition) is 2. The number of aliphatic hydroxyl groups excluding tert-OH is 1. The van der Waals surface area contributed by atoms with Gasteiger partial charge in [-0.3, -0.25) is 4.90 Å². The summed E-state index contributed by atoms with van der Waals surface area (Å²) in [5, 5.41) is 9.78. The Morgan fingerprint density at radius 1 is 1.07 bits per heavy atom. The topological polar surface area (TPSA) is 23.5 Å². The van der Waals surface area contributed by atoms with E-state index in [4.69, 9.17) is 0 Å². The first-order valence-corrected chi connectivity index (χ1v) is 6.53. The first kappa shape index (κ1) is 14.9. The lowest BCUT2D eigenvalue weighted by Crippen LogP contribution is -2.38. The van der Waals surface area contributed by atoms with Gasteiger partial charge < -0.3 is 5.11 Å². The molecule has 0 aromatic rings. The van der Waals surface area contributed by atoms with E-state index in [9.17, 15) is 5.11 Å². The molecule has 0 aliphatic rings. The first-order valence-electron chi connectivity index (χ1n) is 6.53. The molecule has 0 aromatic heterocycles. The highest BCUT2D eigenvalue weighted by Crippen LogP contribution is 2.07. The Kier molecular flexibility index (Phi) is 9.12. The SMILES string of the molecule is CCCCCN(CC(O)CCC)C(C)C. The average molecular weight is 215 g/mol. The molecule has 0 spiro atoms. The normalized spacial score (nSPS) is 13.8. The van der Waals surface area contributed by atoms with Gasteiger partial charge in [-0.2, -0.15) is 0 Å². The van der Waals surface area contributed by atoms with Crippen molar-refractivity contribution in [3.05, 3.63) is 0 Å². The summed E-state index contributed by atoms with van der Waals surface area (Å²) in [4.78, 5) is 2.40. The van der Waals surface area contributed by atoms with E-state index in [0.29, 0.717) is 6.04 Å². The van der Waals surface area contributed by atoms with E-state index in [-0.39, 0.29) is 6.10 Å². The highest BCUT2D eigenvalue weighted by Gasteiger charge is 2.13. The van der Waals surface area contributed by atoms with Crippen LogP contribution in [-0.4, -0.2) is 35.2 Å². The van der Waals surface area contributed by atoms with Gasteiger partial charge in [-0.05, 0) is 33.2 Å². The van der Waals surface area contributed by atoms with Crippen LogP contribution in [0.3, 0.4) is 0 Å². The maximum atomic E-state index is 9.78. The van der Waals surface area contributed by atoms with E-state index in [1.54, 1.807) is 0 Å². The van der Waals surface area contributed by atoms with Crippen molar-refractivity contribution in [3.63, 3.8) is 0 Å². The van der Waals surface area contributed by atoms with Gasteiger partial charge in [0.2, 0.25) is 0 Å². The van der Waals surface area contributed by atoms with Crippen molar-refractivity contribution in [3.8, 4) is 0 Å². The fourth-order valence-electron chi connectivity index (χ4n) is 1.82. The molecule has 0 aliphatic carbocycles. The molecule has 2 heteroatoms. The first-order chi connectivity index (χ1) is 7.11. The van der Waals surface area contributed by atoms with Crippen molar-refractivity contribution in [1.82, 2.24) is 4.90 Å². The number of unbranched alkanes of at least 4 members (excludes halogenated alkanes) is 2. The Balaban J connectivity index is 3.82. The van der Waals surface area contributed by atoms with Crippen molar-refractivity contribution in [2.75, 3.05) is 13.1 Å². The van der Waals surface area contributed by atoms with E-state index in [1.165, 1.54) is 19.3 Å². The zero-order chi connectivity index (χ0) is 11.7. The lowest BCUT2D eigenvalue weighted by atomic mass is 10.1. The molecule has 1 atom stereocenters. The van der Waals surface area contributed by atoms with Gasteiger partial charge >= 0.3 is 0 Å². The van der Waals surface area contributed by atoms with Crippen LogP contribution in [0.15, 0.2) is 0 Å². The second kappa shape index (κ2) is 9.17. The molecule has 0 rings (SSSR count). The summed E-state index contributed by atoms with van der Waals surface area (Å²) in [7, 11) is 0. The Morgan fingerprint density at radius 2 is 1.73 bits per heavy atom. The van der Waals surface area contributed by atoms with Gasteiger partial charge in [0.1, 0.15) is 0 Å². The minimum Gasteiger partial charge on any atom is -0.392 e. The van der Waals surface area contributed by atoms with Crippen LogP contribution < -0.4 is 0 Å². The molecule has 0 saturated carbocycles. The van der Waals surface area contributed by atoms with Gasteiger partial charge in [0.25, 0.3) is 0 Å². The van der Waals surface area contributed by atoms with Gasteiger partial charge in [0.15, 0.2) is 0 Å². The molecule has 0 radical (unpaired) electrons. The van der Waals surface area contributed by atoms with E-state index >= 15 is 0 Å². The molecule has 0 amide bonds. The molecule has 2 nitrogen and oxygen atoms in total. The minimum absolute atomic E-state index is 0.140. The molecule has 0 aliphatic heterocycles. The van der Waals surface area contributed by atoms with Crippen LogP contribution in [-0.2, 0) is 0 Å². The second-order valence-electron chi connectivity index (χ2n) is 4.74. The molecular formula is C13H29NO. The summed E-state index contributed by atoms with van der Waals surface area (Å²) in [6.45, 7) is 10.8. The summed E-state index contributed by atoms with van der Waals surface area (Å²) in [5.74, 6) is 0. The molecule has 0 aromatic carbocycles. The molecule has 0 bridgehead atoms. The van der Waals surface area contributed by atoms with Crippen LogP contribution in [0.5, 0.6) is 0 Å². The van der Waals surface area contributed by atoms with E-state index in [0.717, 1.165) is 25.9 Å². The maximum absolute atomic E-state index is 9.78. The third-order valence-corrected chi connectivity index (χ3v) is 2.85. The maximum Gasteiger partial charge on any atom is 0.0667 e. The predicted molar refractivity (Wildman–Crippen MR) is 67.1 cm³/mol. The van der Waals surface area contributed by atoms with Crippen LogP contribution in [0.1, 0.15) is 59.8 Å². The van der Waals surface area contributed by atoms with Crippen molar-refractivity contribution in [2.24, 2.45) is 0 Å². The Hall–Kier alpha value is -0.0800. The summed E-state index contributed by atoms with van der Waals surface area (Å²) >= 11 is 0. The number of hydrogen-bond donors (Lipinski definition) is 1. The Morgan fingerprint density at radius 3 is 2.20 bits per heavy atom. The number of aliphatic hydroxyl groups is 1. The van der Waals surface area contributed by atoms with Crippen LogP contribution in [0.2, 0.25) is 0 Å². The zero-order valence-corrected chi connectivity index (χ0v) is 11.0. The lowest BCUT2D eigenvalue weighted by molar-refractivity contribution is 0.0875. The van der Waals surface area contributed by atoms with E-state index in [2.05, 4.69) is 32.6 Å². The van der Waals surface area contributed by atoms with Gasteiger partial charge in [-0.25, -0.2) is 0 Å². The summed E-state index contributed by atoms with van der Waals surface area (Å²) in [5.41, 5.74) is 0. The van der Waals surface area contributed by atoms with Crippen LogP contribution in [0.4, 0.5) is 0 Å². The average Bonchev–Trinajstić information content (AvgIpc) is 2.16. The fraction of sp³-hybridized carbons (Fsp3) is 1.00. The minimum atomic E-state index is -0.140. The van der Waals surface area contributed by atoms with Crippen LogP contribution in [0.25, 0.3) is 0 Å². The molecule has 92 valence electrons. The van der Waals surface area contributed by atoms with E-state index < -0.39 is 0 Å². The summed E-state index contributed by atoms with van der Waals surface area (Å²) < 4.78 is 0. The van der Waals surface area contributed by atoms with Gasteiger partial charge in [0, 0.05) is 12.6 Å². The molecule has 0 heterocycles. The molecule has 15 heavy (non-hydrogen) atoms. The van der Waals surface area contributed by atoms with Crippen LogP contribution in [0, 0.1) is 0 Å². The van der Waals surface area contributed by atoms with Crippen molar-refractivity contribution >= 4 is 0 Å². The molecule has 1 unspecified atom stereocenters. The summed E-state index contributed by atoms with van der Waals surface area (Å²) in [6.07, 6.45) is 5.68. The van der Waals surface area contributed by atoms with E-state index in [1.807, 2.05) is 0 Å². The molecular weight excluding hydrogens is 186 g/mol. The third-order valence-electron chi connectivity index (χ3n) is 2.85. The second-order valence-corrected chi connectivity index (χ2v) is 4.74. The third kappa shape index (κ3) is 7.80. The highest BCUT2D eigenvalue weighted by molar-refractivity contribution is 4.68. The standard InChI is InChI=1S/C13H29NO/c1-5-7-8-10-14(12(3)4)11-13(15)9-6-2/h12-13,15H,5-11H2,1-4H3. The zero-order valence-electron chi connectivity index (χ0n) is 11.0. The quantitative estimate of drug-likeness (QED) is 0.598. The monoisotopic (exact) mass is 215 g/mol. The number of nitrogens with zero attached hydrogens (tertiary/aromatic N) is 1. The summed E-state index contributed by atoms with van der Waals surface area (Å²) in [6, 6.07) is 0.549. The number of rotatable bonds is 9. The van der Waals surface area contributed by atoms with Gasteiger partial charge in [-0.15, -0.1) is 0 Å². The fourth-order valence-corrected chi connectivity index (χ4v) is 1.82. The van der Waals surface area contributed by atoms with Gasteiger partial charge in [0.05, 0.1) is 6.10 Å². The Labute approximate surface area is 95.7 Å². The highest BCUT2D eigenvalue weighted by atomic mass is 16.3. The van der Waals surface area contributed by atoms with Crippen molar-refractivity contribution < 1.29 is 5.11 Å². The predicted octanol–water partition coefficient (Wildman–Crippen LogP) is 3.05. The Bertz CT molecular complexity index is 136. The largest absolute Gasteiger partial charge is 0.392 e. The smallest absolute Gasteiger partial charge is 0.0667 e.